The van der Waals surface area contributed by atoms with Crippen LogP contribution in [-0.2, 0) is 40.5 Å². The van der Waals surface area contributed by atoms with Crippen molar-refractivity contribution in [2.75, 3.05) is 46.3 Å². The molecule has 3 aromatic rings. The molecule has 0 saturated heterocycles. The van der Waals surface area contributed by atoms with Gasteiger partial charge in [0.2, 0.25) is 17.8 Å². The predicted molar refractivity (Wildman–Crippen MR) is 152 cm³/mol. The second-order valence-corrected chi connectivity index (χ2v) is 14.2. The topological polar surface area (TPSA) is 356 Å². The molecule has 0 bridgehead atoms. The largest absolute Gasteiger partial charge is 0.382 e. The quantitative estimate of drug-likeness (QED) is 0.0817. The van der Waals surface area contributed by atoms with Crippen LogP contribution < -0.4 is 21.7 Å². The van der Waals surface area contributed by atoms with E-state index in [2.05, 4.69) is 46.1 Å². The molecule has 3 rings (SSSR count). The lowest BCUT2D eigenvalue weighted by atomic mass is 10.3. The van der Waals surface area contributed by atoms with Crippen LogP contribution in [0.2, 0.25) is 0 Å². The zero-order valence-corrected chi connectivity index (χ0v) is 24.9. The summed E-state index contributed by atoms with van der Waals surface area (Å²) in [6.45, 7) is -0.659. The lowest BCUT2D eigenvalue weighted by molar-refractivity contribution is 0.478. The van der Waals surface area contributed by atoms with Gasteiger partial charge < -0.3 is 21.7 Å². The molecule has 0 fully saturated rings. The third-order valence-electron chi connectivity index (χ3n) is 4.84. The van der Waals surface area contributed by atoms with E-state index in [-0.39, 0.29) is 48.3 Å². The Labute approximate surface area is 249 Å². The molecule has 22 nitrogen and oxygen atoms in total. The number of pyridine rings is 1. The normalized spacial score (nSPS) is 12.7. The molecule has 0 radical (unpaired) electrons. The molecule has 9 N–H and O–H groups in total. The molecular formula is C18H22N10O12S4. The van der Waals surface area contributed by atoms with Crippen molar-refractivity contribution in [1.82, 2.24) is 19.9 Å². The van der Waals surface area contributed by atoms with Crippen LogP contribution in [0.4, 0.5) is 40.9 Å². The highest BCUT2D eigenvalue weighted by molar-refractivity contribution is 7.86. The molecule has 0 amide bonds. The van der Waals surface area contributed by atoms with E-state index in [4.69, 9.17) is 14.8 Å². The van der Waals surface area contributed by atoms with Gasteiger partial charge in [-0.1, -0.05) is 0 Å². The molecule has 0 unspecified atom stereocenters. The number of azo groups is 1. The molecule has 240 valence electrons. The predicted octanol–water partition coefficient (Wildman–Crippen LogP) is 0.101. The number of nitrogens with zero attached hydrogens (tertiary/aromatic N) is 6. The van der Waals surface area contributed by atoms with Gasteiger partial charge in [0.15, 0.2) is 5.82 Å². The van der Waals surface area contributed by atoms with Crippen LogP contribution in [0.3, 0.4) is 0 Å². The van der Waals surface area contributed by atoms with Gasteiger partial charge in [0, 0.05) is 13.1 Å². The Morgan fingerprint density at radius 2 is 1.18 bits per heavy atom. The van der Waals surface area contributed by atoms with Gasteiger partial charge in [-0.25, -0.2) is 4.98 Å². The summed E-state index contributed by atoms with van der Waals surface area (Å²) in [6, 6.07) is 4.55. The van der Waals surface area contributed by atoms with Gasteiger partial charge in [-0.3, -0.25) is 18.2 Å². The molecule has 2 heterocycles. The minimum absolute atomic E-state index is 0.0209. The Kier molecular flexibility index (Phi) is 10.3. The molecule has 44 heavy (non-hydrogen) atoms. The lowest BCUT2D eigenvalue weighted by Gasteiger charge is -2.11. The fourth-order valence-corrected chi connectivity index (χ4v) is 4.80. The molecule has 0 aliphatic rings. The maximum atomic E-state index is 11.7. The van der Waals surface area contributed by atoms with E-state index >= 15 is 0 Å². The second kappa shape index (κ2) is 13.2. The van der Waals surface area contributed by atoms with Crippen LogP contribution in [0.1, 0.15) is 0 Å². The number of aromatic nitrogens is 4. The van der Waals surface area contributed by atoms with E-state index in [1.165, 1.54) is 12.1 Å². The van der Waals surface area contributed by atoms with E-state index < -0.39 is 67.5 Å². The Bertz CT molecular complexity index is 1970. The van der Waals surface area contributed by atoms with Gasteiger partial charge in [-0.2, -0.15) is 48.6 Å². The van der Waals surface area contributed by atoms with Gasteiger partial charge in [0.1, 0.15) is 22.1 Å². The number of hydrogen-bond donors (Lipinski definition) is 8. The smallest absolute Gasteiger partial charge is 0.296 e. The minimum atomic E-state index is -4.89. The summed E-state index contributed by atoms with van der Waals surface area (Å²) >= 11 is 0. The van der Waals surface area contributed by atoms with Crippen molar-refractivity contribution in [2.45, 2.75) is 9.79 Å². The summed E-state index contributed by atoms with van der Waals surface area (Å²) in [6.07, 6.45) is 0. The second-order valence-electron chi connectivity index (χ2n) is 8.24. The average Bonchev–Trinajstić information content (AvgIpc) is 2.85. The average molecular weight is 699 g/mol. The van der Waals surface area contributed by atoms with Crippen molar-refractivity contribution in [2.24, 2.45) is 10.2 Å². The highest BCUT2D eigenvalue weighted by atomic mass is 32.2. The summed E-state index contributed by atoms with van der Waals surface area (Å²) in [5.41, 5.74) is 5.07. The summed E-state index contributed by atoms with van der Waals surface area (Å²) in [4.78, 5) is 14.3. The van der Waals surface area contributed by atoms with Crippen LogP contribution in [0.15, 0.2) is 50.4 Å². The van der Waals surface area contributed by atoms with Crippen molar-refractivity contribution in [1.29, 1.82) is 0 Å². The summed E-state index contributed by atoms with van der Waals surface area (Å²) in [5, 5.41) is 15.0. The number of nitrogens with one attached hydrogen (secondary N) is 3. The van der Waals surface area contributed by atoms with Crippen molar-refractivity contribution in [3.63, 3.8) is 0 Å². The van der Waals surface area contributed by atoms with Gasteiger partial charge >= 0.3 is 0 Å². The van der Waals surface area contributed by atoms with E-state index in [0.29, 0.717) is 12.1 Å². The lowest BCUT2D eigenvalue weighted by Crippen LogP contribution is -2.19. The molecule has 26 heteroatoms. The molecule has 1 aromatic carbocycles. The number of benzene rings is 1. The Morgan fingerprint density at radius 3 is 1.66 bits per heavy atom. The highest BCUT2D eigenvalue weighted by Crippen LogP contribution is 2.31. The standard InChI is InChI=1S/C18H22N10O12S4/c19-15-11(27-28-12-9-10(43(35,36)37)1-3-13(12)44(38,39)40)2-4-14(22-15)23-18-25-16(20-5-7-41(29,30)31)24-17(26-18)21-6-8-42(32,33)34/h1-4,9H,5-8H2,(H,29,30,31)(H,32,33,34)(H,35,36,37)(H,38,39,40)(H5,19,20,21,22,23,24,25,26). The first-order valence-electron chi connectivity index (χ1n) is 11.4. The van der Waals surface area contributed by atoms with Gasteiger partial charge in [-0.15, -0.1) is 10.2 Å². The third-order valence-corrected chi connectivity index (χ3v) is 8.03. The molecule has 0 aliphatic carbocycles. The number of nitrogens with two attached hydrogens (primary N) is 1. The Balaban J connectivity index is 1.88. The first-order valence-corrected chi connectivity index (χ1v) is 17.5. The Morgan fingerprint density at radius 1 is 0.659 bits per heavy atom. The third kappa shape index (κ3) is 10.8. The first kappa shape index (κ1) is 34.3. The molecular weight excluding hydrogens is 677 g/mol. The number of nitrogen functional groups attached to an aromatic ring is 1. The molecule has 0 aliphatic heterocycles. The summed E-state index contributed by atoms with van der Waals surface area (Å²) in [7, 11) is -18.3. The van der Waals surface area contributed by atoms with E-state index in [1.807, 2.05) is 0 Å². The zero-order valence-electron chi connectivity index (χ0n) is 21.7. The van der Waals surface area contributed by atoms with Gasteiger partial charge in [-0.05, 0) is 30.3 Å². The fourth-order valence-electron chi connectivity index (χ4n) is 2.97. The maximum absolute atomic E-state index is 11.7. The van der Waals surface area contributed by atoms with E-state index in [9.17, 15) is 42.8 Å². The van der Waals surface area contributed by atoms with E-state index in [1.54, 1.807) is 0 Å². The fraction of sp³-hybridized carbons (Fsp3) is 0.222. The zero-order chi connectivity index (χ0) is 32.9. The van der Waals surface area contributed by atoms with Crippen LogP contribution in [0.5, 0.6) is 0 Å². The van der Waals surface area contributed by atoms with Crippen molar-refractivity contribution < 1.29 is 51.9 Å². The summed E-state index contributed by atoms with van der Waals surface area (Å²) in [5.74, 6) is -2.41. The minimum Gasteiger partial charge on any atom is -0.382 e. The maximum Gasteiger partial charge on any atom is 0.296 e. The van der Waals surface area contributed by atoms with Crippen LogP contribution in [0, 0.1) is 0 Å². The SMILES string of the molecule is Nc1nc(Nc2nc(NCCS(=O)(=O)O)nc(NCCS(=O)(=O)O)n2)ccc1N=Nc1cc(S(=O)(=O)O)ccc1S(=O)(=O)O. The first-order chi connectivity index (χ1) is 20.2. The molecule has 2 aromatic heterocycles. The van der Waals surface area contributed by atoms with Crippen molar-refractivity contribution in [3.05, 3.63) is 30.3 Å². The summed E-state index contributed by atoms with van der Waals surface area (Å²) < 4.78 is 127. The number of hydrogen-bond acceptors (Lipinski definition) is 18. The number of rotatable bonds is 14. The molecule has 0 saturated carbocycles. The van der Waals surface area contributed by atoms with E-state index in [0.717, 1.165) is 6.07 Å². The molecule has 0 spiro atoms. The van der Waals surface area contributed by atoms with Gasteiger partial charge in [0.25, 0.3) is 40.5 Å². The van der Waals surface area contributed by atoms with Crippen LogP contribution in [-0.4, -0.2) is 96.4 Å². The van der Waals surface area contributed by atoms with Crippen LogP contribution in [0.25, 0.3) is 0 Å². The van der Waals surface area contributed by atoms with Crippen LogP contribution >= 0.6 is 0 Å². The monoisotopic (exact) mass is 698 g/mol. The van der Waals surface area contributed by atoms with Crippen molar-refractivity contribution in [3.8, 4) is 0 Å². The van der Waals surface area contributed by atoms with Crippen molar-refractivity contribution >= 4 is 81.3 Å². The Hall–Kier alpha value is -4.18. The number of anilines is 5. The molecule has 0 atom stereocenters. The van der Waals surface area contributed by atoms with Gasteiger partial charge in [0.05, 0.1) is 16.4 Å². The highest BCUT2D eigenvalue weighted by Gasteiger charge is 2.20.